The monoisotopic (exact) mass is 602 g/mol. The third kappa shape index (κ3) is 6.79. The van der Waals surface area contributed by atoms with Crippen molar-refractivity contribution in [2.24, 2.45) is 14.1 Å². The smallest absolute Gasteiger partial charge is 0.267 e. The van der Waals surface area contributed by atoms with Crippen LogP contribution in [0.25, 0.3) is 11.1 Å². The zero-order valence-electron chi connectivity index (χ0n) is 22.3. The highest BCUT2D eigenvalue weighted by Gasteiger charge is 2.12. The lowest BCUT2D eigenvalue weighted by Gasteiger charge is -2.10. The molecule has 0 saturated heterocycles. The van der Waals surface area contributed by atoms with Crippen molar-refractivity contribution in [3.63, 3.8) is 0 Å². The fourth-order valence-corrected chi connectivity index (χ4v) is 4.41. The SMILES string of the molecule is COc1ccc(-c2cnc(Cc3ccccc3)n(C)c2=O)cc1F.Cn1c(Cc2ccccc2)ncc(Br)c1=O. The molecule has 0 radical (unpaired) electrons. The van der Waals surface area contributed by atoms with Crippen LogP contribution < -0.4 is 15.9 Å². The van der Waals surface area contributed by atoms with E-state index in [9.17, 15) is 14.0 Å². The zero-order chi connectivity index (χ0) is 28.6. The van der Waals surface area contributed by atoms with Crippen LogP contribution in [0.1, 0.15) is 22.8 Å². The number of nitrogens with zero attached hydrogens (tertiary/aromatic N) is 4. The molecule has 0 N–H and O–H groups in total. The molecule has 0 aliphatic heterocycles. The van der Waals surface area contributed by atoms with Gasteiger partial charge in [-0.15, -0.1) is 0 Å². The molecule has 0 bridgehead atoms. The first-order valence-corrected chi connectivity index (χ1v) is 13.2. The highest BCUT2D eigenvalue weighted by Crippen LogP contribution is 2.23. The topological polar surface area (TPSA) is 79.0 Å². The van der Waals surface area contributed by atoms with Gasteiger partial charge in [-0.25, -0.2) is 14.4 Å². The second kappa shape index (κ2) is 13.1. The predicted octanol–water partition coefficient (Wildman–Crippen LogP) is 5.32. The molecule has 40 heavy (non-hydrogen) atoms. The lowest BCUT2D eigenvalue weighted by atomic mass is 10.1. The summed E-state index contributed by atoms with van der Waals surface area (Å²) in [5.41, 5.74) is 2.79. The van der Waals surface area contributed by atoms with E-state index in [1.807, 2.05) is 60.7 Å². The van der Waals surface area contributed by atoms with Crippen molar-refractivity contribution in [1.29, 1.82) is 0 Å². The Morgan fingerprint density at radius 2 is 1.30 bits per heavy atom. The lowest BCUT2D eigenvalue weighted by molar-refractivity contribution is 0.386. The summed E-state index contributed by atoms with van der Waals surface area (Å²) in [5, 5.41) is 0. The van der Waals surface area contributed by atoms with Crippen LogP contribution in [-0.4, -0.2) is 26.2 Å². The quantitative estimate of drug-likeness (QED) is 0.263. The Labute approximate surface area is 239 Å². The number of aromatic nitrogens is 4. The standard InChI is InChI=1S/C19H17FN2O2.C12H11BrN2O/c1-22-18(10-13-6-4-3-5-7-13)21-12-15(19(22)23)14-8-9-17(24-2)16(20)11-14;1-15-11(14-8-10(13)12(15)16)7-9-5-3-2-4-6-9/h3-9,11-12H,10H2,1-2H3;2-6,8H,7H2,1H3. The van der Waals surface area contributed by atoms with E-state index in [-0.39, 0.29) is 16.9 Å². The Hall–Kier alpha value is -4.37. The first-order chi connectivity index (χ1) is 19.3. The fourth-order valence-electron chi connectivity index (χ4n) is 4.05. The second-order valence-corrected chi connectivity index (χ2v) is 9.87. The average Bonchev–Trinajstić information content (AvgIpc) is 2.97. The summed E-state index contributed by atoms with van der Waals surface area (Å²) in [6.07, 6.45) is 4.28. The predicted molar refractivity (Wildman–Crippen MR) is 157 cm³/mol. The summed E-state index contributed by atoms with van der Waals surface area (Å²) in [6.45, 7) is 0. The van der Waals surface area contributed by atoms with E-state index in [1.165, 1.54) is 30.0 Å². The van der Waals surface area contributed by atoms with Gasteiger partial charge >= 0.3 is 0 Å². The maximum Gasteiger partial charge on any atom is 0.267 e. The Kier molecular flexibility index (Phi) is 9.39. The third-order valence-corrected chi connectivity index (χ3v) is 6.90. The molecule has 5 aromatic rings. The fraction of sp³-hybridized carbons (Fsp3) is 0.161. The summed E-state index contributed by atoms with van der Waals surface area (Å²) < 4.78 is 22.3. The van der Waals surface area contributed by atoms with Gasteiger partial charge in [0.2, 0.25) is 0 Å². The van der Waals surface area contributed by atoms with Crippen LogP contribution in [-0.2, 0) is 26.9 Å². The van der Waals surface area contributed by atoms with Crippen molar-refractivity contribution in [1.82, 2.24) is 19.1 Å². The Balaban J connectivity index is 0.000000201. The van der Waals surface area contributed by atoms with Crippen LogP contribution in [0.4, 0.5) is 4.39 Å². The summed E-state index contributed by atoms with van der Waals surface area (Å²) in [5.74, 6) is 1.05. The minimum absolute atomic E-state index is 0.0547. The van der Waals surface area contributed by atoms with Gasteiger partial charge in [-0.2, -0.15) is 0 Å². The highest BCUT2D eigenvalue weighted by atomic mass is 79.9. The first-order valence-electron chi connectivity index (χ1n) is 12.5. The minimum atomic E-state index is -0.509. The van der Waals surface area contributed by atoms with Gasteiger partial charge in [-0.1, -0.05) is 66.7 Å². The molecule has 3 aromatic carbocycles. The Morgan fingerprint density at radius 1 is 0.775 bits per heavy atom. The average molecular weight is 603 g/mol. The van der Waals surface area contributed by atoms with Crippen molar-refractivity contribution in [3.8, 4) is 16.9 Å². The summed E-state index contributed by atoms with van der Waals surface area (Å²) in [4.78, 5) is 32.9. The van der Waals surface area contributed by atoms with Crippen LogP contribution >= 0.6 is 15.9 Å². The number of methoxy groups -OCH3 is 1. The third-order valence-electron chi connectivity index (χ3n) is 6.36. The largest absolute Gasteiger partial charge is 0.494 e. The summed E-state index contributed by atoms with van der Waals surface area (Å²) in [6, 6.07) is 24.2. The van der Waals surface area contributed by atoms with Crippen molar-refractivity contribution in [2.45, 2.75) is 12.8 Å². The van der Waals surface area contributed by atoms with Gasteiger partial charge in [-0.3, -0.25) is 18.7 Å². The second-order valence-electron chi connectivity index (χ2n) is 9.01. The number of rotatable bonds is 6. The Bertz CT molecular complexity index is 1720. The summed E-state index contributed by atoms with van der Waals surface area (Å²) in [7, 11) is 4.81. The van der Waals surface area contributed by atoms with Gasteiger partial charge in [0, 0.05) is 39.3 Å². The number of hydrogen-bond donors (Lipinski definition) is 0. The molecule has 0 unspecified atom stereocenters. The van der Waals surface area contributed by atoms with Crippen LogP contribution in [0, 0.1) is 5.82 Å². The van der Waals surface area contributed by atoms with Crippen molar-refractivity contribution < 1.29 is 9.13 Å². The van der Waals surface area contributed by atoms with Gasteiger partial charge in [0.05, 0.1) is 12.7 Å². The van der Waals surface area contributed by atoms with E-state index in [0.717, 1.165) is 17.0 Å². The van der Waals surface area contributed by atoms with E-state index in [1.54, 1.807) is 30.9 Å². The van der Waals surface area contributed by atoms with E-state index < -0.39 is 5.82 Å². The van der Waals surface area contributed by atoms with Gasteiger partial charge in [0.25, 0.3) is 11.1 Å². The number of ether oxygens (including phenoxy) is 1. The van der Waals surface area contributed by atoms with Gasteiger partial charge in [-0.05, 0) is 44.8 Å². The van der Waals surface area contributed by atoms with Crippen LogP contribution in [0.5, 0.6) is 5.75 Å². The molecule has 9 heteroatoms. The molecular formula is C31H28BrFN4O3. The molecule has 0 aliphatic carbocycles. The van der Waals surface area contributed by atoms with Gasteiger partial charge in [0.1, 0.15) is 16.1 Å². The molecule has 204 valence electrons. The van der Waals surface area contributed by atoms with E-state index in [4.69, 9.17) is 4.74 Å². The summed E-state index contributed by atoms with van der Waals surface area (Å²) >= 11 is 3.17. The molecular weight excluding hydrogens is 575 g/mol. The normalized spacial score (nSPS) is 10.5. The molecule has 0 spiro atoms. The minimum Gasteiger partial charge on any atom is -0.494 e. The molecule has 2 aromatic heterocycles. The zero-order valence-corrected chi connectivity index (χ0v) is 23.9. The van der Waals surface area contributed by atoms with Crippen molar-refractivity contribution in [2.75, 3.05) is 7.11 Å². The molecule has 0 amide bonds. The first kappa shape index (κ1) is 28.6. The molecule has 7 nitrogen and oxygen atoms in total. The van der Waals surface area contributed by atoms with Crippen molar-refractivity contribution >= 4 is 15.9 Å². The van der Waals surface area contributed by atoms with Crippen LogP contribution in [0.15, 0.2) is 105 Å². The highest BCUT2D eigenvalue weighted by molar-refractivity contribution is 9.10. The maximum absolute atomic E-state index is 13.9. The molecule has 0 saturated carbocycles. The number of hydrogen-bond acceptors (Lipinski definition) is 5. The molecule has 0 fully saturated rings. The van der Waals surface area contributed by atoms with Crippen LogP contribution in [0.2, 0.25) is 0 Å². The molecule has 0 atom stereocenters. The van der Waals surface area contributed by atoms with Gasteiger partial charge < -0.3 is 4.74 Å². The van der Waals surface area contributed by atoms with Gasteiger partial charge in [0.15, 0.2) is 11.6 Å². The van der Waals surface area contributed by atoms with Crippen molar-refractivity contribution in [3.05, 3.63) is 145 Å². The number of halogens is 2. The Morgan fingerprint density at radius 3 is 1.82 bits per heavy atom. The van der Waals surface area contributed by atoms with E-state index >= 15 is 0 Å². The van der Waals surface area contributed by atoms with E-state index in [2.05, 4.69) is 25.9 Å². The van der Waals surface area contributed by atoms with E-state index in [0.29, 0.717) is 34.3 Å². The lowest BCUT2D eigenvalue weighted by Crippen LogP contribution is -2.23. The maximum atomic E-state index is 13.9. The van der Waals surface area contributed by atoms with Crippen LogP contribution in [0.3, 0.4) is 0 Å². The molecule has 5 rings (SSSR count). The number of benzene rings is 3. The molecule has 2 heterocycles. The molecule has 0 aliphatic rings.